The van der Waals surface area contributed by atoms with Crippen LogP contribution in [-0.2, 0) is 6.42 Å². The second-order valence-electron chi connectivity index (χ2n) is 4.93. The molecular weight excluding hydrogens is 336 g/mol. The molecule has 1 aliphatic rings. The molecule has 0 amide bonds. The van der Waals surface area contributed by atoms with Gasteiger partial charge in [-0.15, -0.1) is 0 Å². The van der Waals surface area contributed by atoms with Crippen LogP contribution < -0.4 is 15.0 Å². The second-order valence-corrected chi connectivity index (χ2v) is 5.78. The average molecular weight is 351 g/mol. The number of benzene rings is 1. The van der Waals surface area contributed by atoms with Crippen LogP contribution in [0.15, 0.2) is 27.6 Å². The van der Waals surface area contributed by atoms with Crippen LogP contribution in [0.4, 0.5) is 0 Å². The zero-order valence-corrected chi connectivity index (χ0v) is 13.4. The topological polar surface area (TPSA) is 64.2 Å². The number of H-pyrrole nitrogens is 1. The Morgan fingerprint density at radius 2 is 2.33 bits per heavy atom. The zero-order chi connectivity index (χ0) is 15.0. The summed E-state index contributed by atoms with van der Waals surface area (Å²) in [7, 11) is 0. The van der Waals surface area contributed by atoms with Gasteiger partial charge in [-0.1, -0.05) is 0 Å². The summed E-state index contributed by atoms with van der Waals surface area (Å²) in [5, 5.41) is 0. The van der Waals surface area contributed by atoms with E-state index in [0.717, 1.165) is 23.3 Å². The first-order valence-electron chi connectivity index (χ1n) is 6.80. The van der Waals surface area contributed by atoms with Crippen LogP contribution in [0.2, 0.25) is 0 Å². The van der Waals surface area contributed by atoms with Gasteiger partial charge < -0.3 is 14.5 Å². The lowest BCUT2D eigenvalue weighted by atomic mass is 10.1. The predicted octanol–water partition coefficient (Wildman–Crippen LogP) is 2.92. The summed E-state index contributed by atoms with van der Waals surface area (Å²) in [6.07, 6.45) is 2.50. The average Bonchev–Trinajstić information content (AvgIpc) is 2.80. The van der Waals surface area contributed by atoms with E-state index >= 15 is 0 Å². The van der Waals surface area contributed by atoms with E-state index in [-0.39, 0.29) is 11.7 Å². The van der Waals surface area contributed by atoms with Crippen molar-refractivity contribution in [1.29, 1.82) is 0 Å². The van der Waals surface area contributed by atoms with Gasteiger partial charge in [-0.2, -0.15) is 0 Å². The minimum atomic E-state index is -0.225. The molecule has 1 N–H and O–H groups in total. The van der Waals surface area contributed by atoms with Crippen LogP contribution in [-0.4, -0.2) is 22.7 Å². The van der Waals surface area contributed by atoms with Gasteiger partial charge in [0, 0.05) is 18.2 Å². The molecule has 0 radical (unpaired) electrons. The Morgan fingerprint density at radius 3 is 3.05 bits per heavy atom. The van der Waals surface area contributed by atoms with E-state index in [4.69, 9.17) is 9.47 Å². The first kappa shape index (κ1) is 14.1. The van der Waals surface area contributed by atoms with E-state index in [1.807, 2.05) is 26.0 Å². The maximum absolute atomic E-state index is 11.8. The van der Waals surface area contributed by atoms with Crippen molar-refractivity contribution in [3.63, 3.8) is 0 Å². The monoisotopic (exact) mass is 350 g/mol. The van der Waals surface area contributed by atoms with Crippen LogP contribution in [0.3, 0.4) is 0 Å². The number of hydrogen-bond acceptors (Lipinski definition) is 4. The number of aromatic amines is 1. The Labute approximate surface area is 130 Å². The molecule has 21 heavy (non-hydrogen) atoms. The first-order valence-corrected chi connectivity index (χ1v) is 7.59. The van der Waals surface area contributed by atoms with Crippen LogP contribution in [0, 0.1) is 0 Å². The number of nitrogens with one attached hydrogen (secondary N) is 1. The molecule has 0 saturated carbocycles. The van der Waals surface area contributed by atoms with Gasteiger partial charge in [-0.3, -0.25) is 4.79 Å². The fourth-order valence-corrected chi connectivity index (χ4v) is 2.62. The maximum atomic E-state index is 11.8. The Kier molecular flexibility index (Phi) is 3.71. The molecule has 0 fully saturated rings. The maximum Gasteiger partial charge on any atom is 0.265 e. The summed E-state index contributed by atoms with van der Waals surface area (Å²) < 4.78 is 11.9. The molecule has 2 heterocycles. The van der Waals surface area contributed by atoms with Gasteiger partial charge in [-0.25, -0.2) is 4.98 Å². The number of rotatable bonds is 3. The van der Waals surface area contributed by atoms with Crippen molar-refractivity contribution in [3.8, 4) is 22.9 Å². The van der Waals surface area contributed by atoms with Crippen molar-refractivity contribution >= 4 is 15.9 Å². The highest BCUT2D eigenvalue weighted by atomic mass is 79.9. The van der Waals surface area contributed by atoms with E-state index in [1.54, 1.807) is 0 Å². The lowest BCUT2D eigenvalue weighted by Crippen LogP contribution is -2.09. The van der Waals surface area contributed by atoms with Gasteiger partial charge in [0.25, 0.3) is 5.56 Å². The second kappa shape index (κ2) is 5.52. The third kappa shape index (κ3) is 2.68. The van der Waals surface area contributed by atoms with Gasteiger partial charge in [0.15, 0.2) is 0 Å². The Bertz CT molecular complexity index is 742. The molecule has 110 valence electrons. The molecule has 5 nitrogen and oxygen atoms in total. The van der Waals surface area contributed by atoms with Crippen LogP contribution in [0.25, 0.3) is 11.4 Å². The van der Waals surface area contributed by atoms with Gasteiger partial charge in [0.1, 0.15) is 27.9 Å². The zero-order valence-electron chi connectivity index (χ0n) is 11.8. The van der Waals surface area contributed by atoms with Crippen LogP contribution in [0.5, 0.6) is 11.5 Å². The molecule has 0 aliphatic carbocycles. The molecular formula is C15H15BrN2O3. The van der Waals surface area contributed by atoms with Crippen molar-refractivity contribution in [2.45, 2.75) is 26.4 Å². The summed E-state index contributed by atoms with van der Waals surface area (Å²) in [6, 6.07) is 3.86. The summed E-state index contributed by atoms with van der Waals surface area (Å²) in [5.41, 5.74) is 1.63. The van der Waals surface area contributed by atoms with Crippen molar-refractivity contribution in [2.75, 3.05) is 6.61 Å². The number of hydrogen-bond donors (Lipinski definition) is 1. The van der Waals surface area contributed by atoms with E-state index < -0.39 is 0 Å². The minimum absolute atomic E-state index is 0.154. The number of aromatic nitrogens is 2. The smallest absolute Gasteiger partial charge is 0.265 e. The molecule has 1 aromatic heterocycles. The normalized spacial score (nSPS) is 16.4. The summed E-state index contributed by atoms with van der Waals surface area (Å²) in [6.45, 7) is 4.50. The van der Waals surface area contributed by atoms with Crippen LogP contribution >= 0.6 is 15.9 Å². The number of halogens is 1. The first-order chi connectivity index (χ1) is 10.1. The summed E-state index contributed by atoms with van der Waals surface area (Å²) in [4.78, 5) is 18.8. The molecule has 0 saturated heterocycles. The fourth-order valence-electron chi connectivity index (χ4n) is 2.42. The molecule has 2 aromatic rings. The molecule has 1 unspecified atom stereocenters. The van der Waals surface area contributed by atoms with Gasteiger partial charge in [-0.05, 0) is 41.9 Å². The lowest BCUT2D eigenvalue weighted by Gasteiger charge is -2.12. The molecule has 0 bridgehead atoms. The summed E-state index contributed by atoms with van der Waals surface area (Å²) >= 11 is 3.15. The quantitative estimate of drug-likeness (QED) is 0.924. The SMILES string of the molecule is CCOc1cc2c(cc1-c1ncc(Br)c(=O)[nH]1)OC(C)C2. The van der Waals surface area contributed by atoms with Gasteiger partial charge in [0.05, 0.1) is 12.2 Å². The van der Waals surface area contributed by atoms with Gasteiger partial charge in [0.2, 0.25) is 0 Å². The van der Waals surface area contributed by atoms with Crippen molar-refractivity contribution in [2.24, 2.45) is 0 Å². The molecule has 0 spiro atoms. The third-order valence-electron chi connectivity index (χ3n) is 3.31. The highest BCUT2D eigenvalue weighted by Gasteiger charge is 2.23. The fraction of sp³-hybridized carbons (Fsp3) is 0.333. The van der Waals surface area contributed by atoms with Crippen molar-refractivity contribution < 1.29 is 9.47 Å². The number of ether oxygens (including phenoxy) is 2. The molecule has 1 aromatic carbocycles. The number of fused-ring (bicyclic) bond motifs is 1. The number of nitrogens with zero attached hydrogens (tertiary/aromatic N) is 1. The van der Waals surface area contributed by atoms with E-state index in [1.165, 1.54) is 6.20 Å². The van der Waals surface area contributed by atoms with Crippen LogP contribution in [0.1, 0.15) is 19.4 Å². The highest BCUT2D eigenvalue weighted by molar-refractivity contribution is 9.10. The summed E-state index contributed by atoms with van der Waals surface area (Å²) in [5.74, 6) is 2.00. The molecule has 6 heteroatoms. The molecule has 1 aliphatic heterocycles. The lowest BCUT2D eigenvalue weighted by molar-refractivity contribution is 0.254. The largest absolute Gasteiger partial charge is 0.493 e. The molecule has 1 atom stereocenters. The Balaban J connectivity index is 2.14. The Hall–Kier alpha value is -1.82. The van der Waals surface area contributed by atoms with E-state index in [9.17, 15) is 4.79 Å². The highest BCUT2D eigenvalue weighted by Crippen LogP contribution is 2.38. The predicted molar refractivity (Wildman–Crippen MR) is 83.0 cm³/mol. The molecule has 3 rings (SSSR count). The standard InChI is InChI=1S/C15H15BrN2O3/c1-3-20-13-5-9-4-8(2)21-12(9)6-10(13)14-17-7-11(16)15(19)18-14/h5-8H,3-4H2,1-2H3,(H,17,18,19). The van der Waals surface area contributed by atoms with E-state index in [2.05, 4.69) is 25.9 Å². The Morgan fingerprint density at radius 1 is 1.52 bits per heavy atom. The third-order valence-corrected chi connectivity index (χ3v) is 3.87. The van der Waals surface area contributed by atoms with Crippen molar-refractivity contribution in [1.82, 2.24) is 9.97 Å². The van der Waals surface area contributed by atoms with Gasteiger partial charge >= 0.3 is 0 Å². The minimum Gasteiger partial charge on any atom is -0.493 e. The van der Waals surface area contributed by atoms with E-state index in [0.29, 0.717) is 22.7 Å². The van der Waals surface area contributed by atoms with Crippen molar-refractivity contribution in [3.05, 3.63) is 38.7 Å².